The van der Waals surface area contributed by atoms with Crippen LogP contribution >= 0.6 is 0 Å². The maximum atomic E-state index is 12.5. The van der Waals surface area contributed by atoms with Crippen molar-refractivity contribution in [2.75, 3.05) is 7.11 Å². The fourth-order valence-electron chi connectivity index (χ4n) is 2.96. The second-order valence-electron chi connectivity index (χ2n) is 7.67. The number of carbonyl (C=O) groups excluding carboxylic acids is 2. The van der Waals surface area contributed by atoms with Gasteiger partial charge in [-0.05, 0) is 39.8 Å². The van der Waals surface area contributed by atoms with Gasteiger partial charge in [-0.25, -0.2) is 9.78 Å². The van der Waals surface area contributed by atoms with E-state index in [2.05, 4.69) is 0 Å². The first-order valence-corrected chi connectivity index (χ1v) is 9.06. The number of methoxy groups -OCH3 is 1. The van der Waals surface area contributed by atoms with E-state index in [9.17, 15) is 9.59 Å². The number of ether oxygens (including phenoxy) is 2. The quantitative estimate of drug-likeness (QED) is 0.640. The van der Waals surface area contributed by atoms with Crippen LogP contribution in [0.25, 0.3) is 16.9 Å². The molecular weight excluding hydrogens is 356 g/mol. The summed E-state index contributed by atoms with van der Waals surface area (Å²) in [7, 11) is 1.33. The van der Waals surface area contributed by atoms with Crippen LogP contribution < -0.4 is 0 Å². The van der Waals surface area contributed by atoms with Gasteiger partial charge in [0.05, 0.1) is 30.5 Å². The summed E-state index contributed by atoms with van der Waals surface area (Å²) in [5.74, 6) is -0.804. The molecule has 0 saturated carbocycles. The molecule has 2 aromatic heterocycles. The van der Waals surface area contributed by atoms with Gasteiger partial charge in [0.2, 0.25) is 0 Å². The van der Waals surface area contributed by atoms with Gasteiger partial charge < -0.3 is 13.9 Å². The predicted molar refractivity (Wildman–Crippen MR) is 106 cm³/mol. The molecule has 28 heavy (non-hydrogen) atoms. The maximum Gasteiger partial charge on any atom is 0.339 e. The maximum absolute atomic E-state index is 12.5. The number of pyridine rings is 1. The molecule has 0 N–H and O–H groups in total. The van der Waals surface area contributed by atoms with Gasteiger partial charge in [-0.15, -0.1) is 0 Å². The highest BCUT2D eigenvalue weighted by molar-refractivity contribution is 5.89. The predicted octanol–water partition coefficient (Wildman–Crippen LogP) is 3.98. The lowest BCUT2D eigenvalue weighted by Gasteiger charge is -2.19. The topological polar surface area (TPSA) is 69.9 Å². The molecule has 2 heterocycles. The Balaban J connectivity index is 2.13. The zero-order valence-corrected chi connectivity index (χ0v) is 16.8. The normalized spacial score (nSPS) is 11.5. The van der Waals surface area contributed by atoms with E-state index in [0.717, 1.165) is 11.1 Å². The molecular formula is C22H24N2O4. The van der Waals surface area contributed by atoms with Crippen molar-refractivity contribution in [3.05, 3.63) is 59.4 Å². The minimum atomic E-state index is -0.585. The fraction of sp³-hybridized carbons (Fsp3) is 0.318. The summed E-state index contributed by atoms with van der Waals surface area (Å²) in [5.41, 5.74) is 3.82. The Labute approximate surface area is 164 Å². The van der Waals surface area contributed by atoms with Crippen LogP contribution in [0, 0.1) is 6.92 Å². The summed E-state index contributed by atoms with van der Waals surface area (Å²) in [6.07, 6.45) is 1.68. The van der Waals surface area contributed by atoms with E-state index in [1.165, 1.54) is 7.11 Å². The van der Waals surface area contributed by atoms with Gasteiger partial charge in [-0.3, -0.25) is 4.79 Å². The third-order valence-corrected chi connectivity index (χ3v) is 4.20. The number of esters is 2. The molecule has 0 bridgehead atoms. The Kier molecular flexibility index (Phi) is 5.23. The van der Waals surface area contributed by atoms with Crippen molar-refractivity contribution in [3.63, 3.8) is 0 Å². The van der Waals surface area contributed by atoms with Crippen molar-refractivity contribution in [1.29, 1.82) is 0 Å². The Morgan fingerprint density at radius 1 is 1.07 bits per heavy atom. The largest absolute Gasteiger partial charge is 0.465 e. The summed E-state index contributed by atoms with van der Waals surface area (Å²) in [6.45, 7) is 7.50. The zero-order chi connectivity index (χ0) is 20.5. The molecule has 3 aromatic rings. The van der Waals surface area contributed by atoms with Gasteiger partial charge in [0, 0.05) is 11.8 Å². The van der Waals surface area contributed by atoms with Crippen LogP contribution in [-0.2, 0) is 20.7 Å². The number of nitrogens with zero attached hydrogens (tertiary/aromatic N) is 2. The Morgan fingerprint density at radius 2 is 1.75 bits per heavy atom. The van der Waals surface area contributed by atoms with Gasteiger partial charge in [-0.2, -0.15) is 0 Å². The van der Waals surface area contributed by atoms with Gasteiger partial charge in [0.15, 0.2) is 0 Å². The van der Waals surface area contributed by atoms with E-state index in [1.54, 1.807) is 22.7 Å². The van der Waals surface area contributed by atoms with Gasteiger partial charge in [0.25, 0.3) is 0 Å². The van der Waals surface area contributed by atoms with Crippen molar-refractivity contribution in [2.45, 2.75) is 39.7 Å². The number of rotatable bonds is 4. The number of hydrogen-bond acceptors (Lipinski definition) is 5. The average Bonchev–Trinajstić information content (AvgIpc) is 2.97. The molecule has 0 saturated heterocycles. The van der Waals surface area contributed by atoms with Crippen LogP contribution in [0.5, 0.6) is 0 Å². The number of hydrogen-bond donors (Lipinski definition) is 0. The van der Waals surface area contributed by atoms with Crippen molar-refractivity contribution < 1.29 is 19.1 Å². The minimum Gasteiger partial charge on any atom is -0.465 e. The van der Waals surface area contributed by atoms with Crippen LogP contribution in [-0.4, -0.2) is 34.0 Å². The second-order valence-corrected chi connectivity index (χ2v) is 7.67. The summed E-state index contributed by atoms with van der Waals surface area (Å²) >= 11 is 0. The third-order valence-electron chi connectivity index (χ3n) is 4.20. The number of aryl methyl sites for hydroxylation is 1. The molecule has 0 unspecified atom stereocenters. The number of aromatic nitrogens is 2. The zero-order valence-electron chi connectivity index (χ0n) is 16.8. The highest BCUT2D eigenvalue weighted by Gasteiger charge is 2.22. The molecule has 0 aliphatic carbocycles. The summed E-state index contributed by atoms with van der Waals surface area (Å²) < 4.78 is 12.1. The first kappa shape index (κ1) is 19.6. The van der Waals surface area contributed by atoms with Crippen molar-refractivity contribution in [3.8, 4) is 11.3 Å². The number of benzene rings is 1. The first-order valence-electron chi connectivity index (χ1n) is 9.06. The summed E-state index contributed by atoms with van der Waals surface area (Å²) in [4.78, 5) is 29.2. The molecule has 0 atom stereocenters. The van der Waals surface area contributed by atoms with Crippen molar-refractivity contribution in [1.82, 2.24) is 9.38 Å². The molecule has 0 spiro atoms. The Morgan fingerprint density at radius 3 is 2.36 bits per heavy atom. The van der Waals surface area contributed by atoms with Crippen LogP contribution in [0.2, 0.25) is 0 Å². The second kappa shape index (κ2) is 7.46. The number of carbonyl (C=O) groups is 2. The minimum absolute atomic E-state index is 0.0340. The summed E-state index contributed by atoms with van der Waals surface area (Å²) in [5, 5.41) is 0. The molecule has 0 amide bonds. The van der Waals surface area contributed by atoms with Crippen LogP contribution in [0.15, 0.2) is 42.6 Å². The monoisotopic (exact) mass is 380 g/mol. The van der Waals surface area contributed by atoms with Gasteiger partial charge >= 0.3 is 11.9 Å². The first-order chi connectivity index (χ1) is 13.2. The third kappa shape index (κ3) is 4.22. The molecule has 0 aliphatic heterocycles. The van der Waals surface area contributed by atoms with E-state index >= 15 is 0 Å². The molecule has 1 aromatic carbocycles. The van der Waals surface area contributed by atoms with Crippen molar-refractivity contribution >= 4 is 17.6 Å². The van der Waals surface area contributed by atoms with E-state index in [-0.39, 0.29) is 12.4 Å². The summed E-state index contributed by atoms with van der Waals surface area (Å²) in [6, 6.07) is 11.3. The Hall–Kier alpha value is -3.15. The molecule has 0 radical (unpaired) electrons. The van der Waals surface area contributed by atoms with E-state index < -0.39 is 11.6 Å². The highest BCUT2D eigenvalue weighted by Crippen LogP contribution is 2.26. The lowest BCUT2D eigenvalue weighted by atomic mass is 10.1. The Bertz CT molecular complexity index is 1030. The molecule has 6 heteroatoms. The van der Waals surface area contributed by atoms with E-state index in [1.807, 2.05) is 52.0 Å². The van der Waals surface area contributed by atoms with Crippen LogP contribution in [0.4, 0.5) is 0 Å². The van der Waals surface area contributed by atoms with E-state index in [4.69, 9.17) is 14.5 Å². The molecule has 0 fully saturated rings. The molecule has 0 aliphatic rings. The average molecular weight is 380 g/mol. The lowest BCUT2D eigenvalue weighted by molar-refractivity contribution is -0.154. The van der Waals surface area contributed by atoms with Gasteiger partial charge in [0.1, 0.15) is 11.2 Å². The molecule has 6 nitrogen and oxygen atoms in total. The van der Waals surface area contributed by atoms with Crippen molar-refractivity contribution in [2.24, 2.45) is 0 Å². The number of imidazole rings is 1. The smallest absolute Gasteiger partial charge is 0.339 e. The fourth-order valence-corrected chi connectivity index (χ4v) is 2.96. The SMILES string of the molecule is COC(=O)c1ccc2nc(-c3ccc(C)cc3)c(CC(=O)OC(C)(C)C)n2c1. The molecule has 3 rings (SSSR count). The highest BCUT2D eigenvalue weighted by atomic mass is 16.6. The van der Waals surface area contributed by atoms with Crippen LogP contribution in [0.3, 0.4) is 0 Å². The molecule has 146 valence electrons. The van der Waals surface area contributed by atoms with Gasteiger partial charge in [-0.1, -0.05) is 29.8 Å². The van der Waals surface area contributed by atoms with Crippen LogP contribution in [0.1, 0.15) is 42.4 Å². The number of fused-ring (bicyclic) bond motifs is 1. The lowest BCUT2D eigenvalue weighted by Crippen LogP contribution is -2.25. The van der Waals surface area contributed by atoms with E-state index in [0.29, 0.717) is 22.6 Å². The standard InChI is InChI=1S/C22H24N2O4/c1-14-6-8-15(9-7-14)20-17(12-19(25)28-22(2,3)4)24-13-16(21(26)27-5)10-11-18(24)23-20/h6-11,13H,12H2,1-5H3.